The summed E-state index contributed by atoms with van der Waals surface area (Å²) in [4.78, 5) is 0. The van der Waals surface area contributed by atoms with Crippen molar-refractivity contribution in [3.8, 4) is 5.69 Å². The van der Waals surface area contributed by atoms with Gasteiger partial charge in [-0.2, -0.15) is 0 Å². The fourth-order valence-electron chi connectivity index (χ4n) is 1.85. The Kier molecular flexibility index (Phi) is 2.29. The van der Waals surface area contributed by atoms with Gasteiger partial charge in [-0.05, 0) is 31.0 Å². The van der Waals surface area contributed by atoms with Crippen LogP contribution in [0.15, 0.2) is 18.2 Å². The molecule has 0 radical (unpaired) electrons. The Bertz CT molecular complexity index is 577. The molecular weight excluding hydrogens is 243 g/mol. The molecule has 88 valence electrons. The Morgan fingerprint density at radius 1 is 1.41 bits per heavy atom. The molecule has 1 aromatic heterocycles. The fraction of sp³-hybridized carbons (Fsp3) is 0.273. The van der Waals surface area contributed by atoms with Gasteiger partial charge in [0.1, 0.15) is 5.82 Å². The molecule has 0 atom stereocenters. The van der Waals surface area contributed by atoms with Crippen LogP contribution in [0.25, 0.3) is 5.69 Å². The van der Waals surface area contributed by atoms with E-state index in [1.54, 1.807) is 10.7 Å². The van der Waals surface area contributed by atoms with Gasteiger partial charge >= 0.3 is 0 Å². The molecular formula is C11H10ClFN4. The Morgan fingerprint density at radius 3 is 2.82 bits per heavy atom. The molecule has 1 saturated carbocycles. The summed E-state index contributed by atoms with van der Waals surface area (Å²) in [7, 11) is 0. The summed E-state index contributed by atoms with van der Waals surface area (Å²) >= 11 is 5.75. The van der Waals surface area contributed by atoms with Gasteiger partial charge in [-0.1, -0.05) is 16.8 Å². The highest BCUT2D eigenvalue weighted by Gasteiger charge is 2.31. The number of hydrogen-bond acceptors (Lipinski definition) is 3. The zero-order valence-corrected chi connectivity index (χ0v) is 9.65. The molecule has 4 nitrogen and oxygen atoms in total. The number of nitrogens with two attached hydrogens (primary N) is 1. The van der Waals surface area contributed by atoms with Crippen molar-refractivity contribution in [1.82, 2.24) is 15.0 Å². The molecule has 17 heavy (non-hydrogen) atoms. The lowest BCUT2D eigenvalue weighted by Gasteiger charge is -2.06. The highest BCUT2D eigenvalue weighted by atomic mass is 35.5. The van der Waals surface area contributed by atoms with Crippen LogP contribution in [0.1, 0.15) is 24.5 Å². The molecule has 3 rings (SSSR count). The first-order valence-corrected chi connectivity index (χ1v) is 5.71. The molecule has 2 N–H and O–H groups in total. The monoisotopic (exact) mass is 252 g/mol. The smallest absolute Gasteiger partial charge is 0.169 e. The minimum Gasteiger partial charge on any atom is -0.381 e. The lowest BCUT2D eigenvalue weighted by atomic mass is 10.2. The van der Waals surface area contributed by atoms with E-state index >= 15 is 0 Å². The van der Waals surface area contributed by atoms with Gasteiger partial charge in [0.25, 0.3) is 0 Å². The topological polar surface area (TPSA) is 56.7 Å². The Labute approximate surface area is 102 Å². The molecule has 6 heteroatoms. The first kappa shape index (κ1) is 10.5. The van der Waals surface area contributed by atoms with E-state index in [-0.39, 0.29) is 5.02 Å². The molecule has 1 aliphatic carbocycles. The second-order valence-corrected chi connectivity index (χ2v) is 4.55. The van der Waals surface area contributed by atoms with E-state index < -0.39 is 5.82 Å². The Balaban J connectivity index is 2.11. The molecule has 0 bridgehead atoms. The number of hydrogen-bond donors (Lipinski definition) is 1. The van der Waals surface area contributed by atoms with Gasteiger partial charge in [0.15, 0.2) is 5.82 Å². The van der Waals surface area contributed by atoms with Gasteiger partial charge in [-0.15, -0.1) is 5.10 Å². The number of nitrogens with zero attached hydrogens (tertiary/aromatic N) is 3. The minimum atomic E-state index is -0.448. The van der Waals surface area contributed by atoms with Crippen LogP contribution >= 0.6 is 11.6 Å². The number of anilines is 1. The van der Waals surface area contributed by atoms with E-state index in [0.29, 0.717) is 17.4 Å². The van der Waals surface area contributed by atoms with E-state index in [1.165, 1.54) is 12.1 Å². The summed E-state index contributed by atoms with van der Waals surface area (Å²) in [5.41, 5.74) is 7.36. The van der Waals surface area contributed by atoms with E-state index in [4.69, 9.17) is 17.3 Å². The van der Waals surface area contributed by atoms with E-state index in [1.807, 2.05) is 0 Å². The van der Waals surface area contributed by atoms with Crippen LogP contribution < -0.4 is 5.73 Å². The van der Waals surface area contributed by atoms with Gasteiger partial charge in [0, 0.05) is 5.92 Å². The Morgan fingerprint density at radius 2 is 2.18 bits per heavy atom. The third kappa shape index (κ3) is 1.76. The molecule has 0 aliphatic heterocycles. The maximum atomic E-state index is 13.1. The van der Waals surface area contributed by atoms with Gasteiger partial charge in [0.2, 0.25) is 0 Å². The third-order valence-corrected chi connectivity index (χ3v) is 3.13. The van der Waals surface area contributed by atoms with Crippen molar-refractivity contribution >= 4 is 17.4 Å². The van der Waals surface area contributed by atoms with Crippen LogP contribution in [0.2, 0.25) is 5.02 Å². The number of halogens is 2. The van der Waals surface area contributed by atoms with Crippen LogP contribution in [0.5, 0.6) is 0 Å². The van der Waals surface area contributed by atoms with Crippen molar-refractivity contribution < 1.29 is 4.39 Å². The summed E-state index contributed by atoms with van der Waals surface area (Å²) in [5, 5.41) is 7.91. The van der Waals surface area contributed by atoms with Crippen molar-refractivity contribution in [1.29, 1.82) is 0 Å². The summed E-state index contributed by atoms with van der Waals surface area (Å²) in [6.45, 7) is 0. The van der Waals surface area contributed by atoms with E-state index in [9.17, 15) is 4.39 Å². The standard InChI is InChI=1S/C11H10ClFN4/c12-8-5-7(3-4-9(8)13)17-10(6-1-2-6)11(14)15-16-17/h3-6H,1-2,14H2. The number of nitrogen functional groups attached to an aromatic ring is 1. The lowest BCUT2D eigenvalue weighted by Crippen LogP contribution is -2.03. The normalized spacial score (nSPS) is 15.2. The van der Waals surface area contributed by atoms with Gasteiger partial charge in [0.05, 0.1) is 16.4 Å². The highest BCUT2D eigenvalue weighted by molar-refractivity contribution is 6.30. The summed E-state index contributed by atoms with van der Waals surface area (Å²) in [5.74, 6) is 0.401. The van der Waals surface area contributed by atoms with E-state index in [2.05, 4.69) is 10.3 Å². The third-order valence-electron chi connectivity index (χ3n) is 2.84. The molecule has 0 saturated heterocycles. The summed E-state index contributed by atoms with van der Waals surface area (Å²) in [6.07, 6.45) is 2.18. The van der Waals surface area contributed by atoms with Crippen LogP contribution in [-0.2, 0) is 0 Å². The van der Waals surface area contributed by atoms with Crippen molar-refractivity contribution in [2.75, 3.05) is 5.73 Å². The van der Waals surface area contributed by atoms with E-state index in [0.717, 1.165) is 18.5 Å². The van der Waals surface area contributed by atoms with Crippen molar-refractivity contribution in [2.24, 2.45) is 0 Å². The maximum absolute atomic E-state index is 13.1. The highest BCUT2D eigenvalue weighted by Crippen LogP contribution is 2.42. The van der Waals surface area contributed by atoms with Gasteiger partial charge in [-0.25, -0.2) is 9.07 Å². The van der Waals surface area contributed by atoms with Crippen LogP contribution in [0, 0.1) is 5.82 Å². The van der Waals surface area contributed by atoms with Crippen LogP contribution in [0.4, 0.5) is 10.2 Å². The van der Waals surface area contributed by atoms with Crippen LogP contribution in [-0.4, -0.2) is 15.0 Å². The second kappa shape index (κ2) is 3.70. The van der Waals surface area contributed by atoms with Gasteiger partial charge < -0.3 is 5.73 Å². The maximum Gasteiger partial charge on any atom is 0.169 e. The average molecular weight is 253 g/mol. The molecule has 1 aliphatic rings. The predicted molar refractivity (Wildman–Crippen MR) is 62.7 cm³/mol. The minimum absolute atomic E-state index is 0.0679. The number of benzene rings is 1. The molecule has 1 fully saturated rings. The quantitative estimate of drug-likeness (QED) is 0.894. The van der Waals surface area contributed by atoms with Crippen molar-refractivity contribution in [2.45, 2.75) is 18.8 Å². The van der Waals surface area contributed by atoms with Crippen molar-refractivity contribution in [3.05, 3.63) is 34.7 Å². The second-order valence-electron chi connectivity index (χ2n) is 4.14. The zero-order chi connectivity index (χ0) is 12.0. The molecule has 0 unspecified atom stereocenters. The SMILES string of the molecule is Nc1nnn(-c2ccc(F)c(Cl)c2)c1C1CC1. The zero-order valence-electron chi connectivity index (χ0n) is 8.90. The Hall–Kier alpha value is -1.62. The first-order chi connectivity index (χ1) is 8.16. The molecule has 2 aromatic rings. The largest absolute Gasteiger partial charge is 0.381 e. The van der Waals surface area contributed by atoms with Crippen LogP contribution in [0.3, 0.4) is 0 Å². The van der Waals surface area contributed by atoms with Crippen molar-refractivity contribution in [3.63, 3.8) is 0 Å². The first-order valence-electron chi connectivity index (χ1n) is 5.33. The number of rotatable bonds is 2. The summed E-state index contributed by atoms with van der Waals surface area (Å²) in [6, 6.07) is 4.45. The number of aromatic nitrogens is 3. The van der Waals surface area contributed by atoms with Gasteiger partial charge in [-0.3, -0.25) is 0 Å². The predicted octanol–water partition coefficient (Wildman–Crippen LogP) is 2.52. The fourth-order valence-corrected chi connectivity index (χ4v) is 2.02. The molecule has 1 aromatic carbocycles. The molecule has 0 spiro atoms. The lowest BCUT2D eigenvalue weighted by molar-refractivity contribution is 0.627. The average Bonchev–Trinajstić information content (AvgIpc) is 3.06. The molecule has 0 amide bonds. The molecule has 1 heterocycles. The summed E-state index contributed by atoms with van der Waals surface area (Å²) < 4.78 is 14.7.